The molecule has 1 rings (SSSR count). The van der Waals surface area contributed by atoms with Gasteiger partial charge in [0.25, 0.3) is 0 Å². The molecule has 0 aromatic carbocycles. The predicted octanol–water partition coefficient (Wildman–Crippen LogP) is 1.44. The Bertz CT molecular complexity index is 480. The van der Waals surface area contributed by atoms with Crippen LogP contribution in [0.15, 0.2) is 18.3 Å². The smallest absolute Gasteiger partial charge is 0.303 e. The molecule has 0 fully saturated rings. The largest absolute Gasteiger partial charge is 0.481 e. The fraction of sp³-hybridized carbons (Fsp3) is 0.500. The van der Waals surface area contributed by atoms with Gasteiger partial charge in [-0.25, -0.2) is 0 Å². The highest BCUT2D eigenvalue weighted by Gasteiger charge is 2.05. The minimum atomic E-state index is -0.778. The van der Waals surface area contributed by atoms with Gasteiger partial charge >= 0.3 is 5.97 Å². The number of carboxylic acid groups (broad SMARTS) is 1. The van der Waals surface area contributed by atoms with Crippen molar-refractivity contribution in [2.24, 2.45) is 13.0 Å². The zero-order chi connectivity index (χ0) is 15.0. The molecule has 20 heavy (non-hydrogen) atoms. The summed E-state index contributed by atoms with van der Waals surface area (Å²) in [5, 5.41) is 15.4. The Balaban J connectivity index is 2.22. The lowest BCUT2D eigenvalue weighted by Gasteiger charge is -2.09. The van der Waals surface area contributed by atoms with Crippen molar-refractivity contribution in [2.75, 3.05) is 6.54 Å². The minimum Gasteiger partial charge on any atom is -0.481 e. The highest BCUT2D eigenvalue weighted by Crippen LogP contribution is 2.09. The van der Waals surface area contributed by atoms with Gasteiger partial charge < -0.3 is 10.4 Å². The van der Waals surface area contributed by atoms with E-state index in [1.165, 1.54) is 6.08 Å². The lowest BCUT2D eigenvalue weighted by Crippen LogP contribution is -2.23. The van der Waals surface area contributed by atoms with E-state index in [2.05, 4.69) is 10.4 Å². The van der Waals surface area contributed by atoms with Gasteiger partial charge in [-0.15, -0.1) is 0 Å². The molecule has 1 unspecified atom stereocenters. The van der Waals surface area contributed by atoms with Gasteiger partial charge in [0, 0.05) is 32.3 Å². The number of carbonyl (C=O) groups excluding carboxylic acids is 1. The molecule has 1 atom stereocenters. The average Bonchev–Trinajstić information content (AvgIpc) is 2.79. The lowest BCUT2D eigenvalue weighted by atomic mass is 10.0. The fourth-order valence-corrected chi connectivity index (χ4v) is 1.72. The van der Waals surface area contributed by atoms with Gasteiger partial charge in [0.05, 0.1) is 5.69 Å². The molecular weight excluding hydrogens is 258 g/mol. The van der Waals surface area contributed by atoms with E-state index in [1.54, 1.807) is 17.0 Å². The van der Waals surface area contributed by atoms with Crippen molar-refractivity contribution in [3.05, 3.63) is 24.0 Å². The maximum atomic E-state index is 11.6. The Kier molecular flexibility index (Phi) is 6.49. The van der Waals surface area contributed by atoms with Crippen LogP contribution in [0.25, 0.3) is 6.08 Å². The predicted molar refractivity (Wildman–Crippen MR) is 75.9 cm³/mol. The maximum absolute atomic E-state index is 11.6. The first kappa shape index (κ1) is 15.9. The molecule has 1 heterocycles. The number of aryl methyl sites for hydroxylation is 1. The summed E-state index contributed by atoms with van der Waals surface area (Å²) in [6.45, 7) is 2.54. The summed E-state index contributed by atoms with van der Waals surface area (Å²) in [6, 6.07) is 1.82. The molecule has 0 saturated carbocycles. The maximum Gasteiger partial charge on any atom is 0.303 e. The molecule has 0 aliphatic carbocycles. The van der Waals surface area contributed by atoms with E-state index in [4.69, 9.17) is 5.11 Å². The van der Waals surface area contributed by atoms with Crippen molar-refractivity contribution >= 4 is 18.0 Å². The average molecular weight is 279 g/mol. The van der Waals surface area contributed by atoms with Crippen LogP contribution < -0.4 is 5.32 Å². The van der Waals surface area contributed by atoms with E-state index in [-0.39, 0.29) is 18.2 Å². The van der Waals surface area contributed by atoms with Crippen LogP contribution in [0.2, 0.25) is 0 Å². The summed E-state index contributed by atoms with van der Waals surface area (Å²) in [6.07, 6.45) is 6.43. The number of carboxylic acids is 1. The third kappa shape index (κ3) is 6.17. The summed E-state index contributed by atoms with van der Waals surface area (Å²) < 4.78 is 1.68. The first-order valence-electron chi connectivity index (χ1n) is 6.64. The van der Waals surface area contributed by atoms with E-state index in [0.717, 1.165) is 12.1 Å². The van der Waals surface area contributed by atoms with Crippen LogP contribution in [-0.2, 0) is 16.6 Å². The third-order valence-electron chi connectivity index (χ3n) is 3.05. The van der Waals surface area contributed by atoms with Crippen LogP contribution in [0.4, 0.5) is 0 Å². The van der Waals surface area contributed by atoms with Gasteiger partial charge in [-0.1, -0.05) is 6.92 Å². The molecule has 6 heteroatoms. The van der Waals surface area contributed by atoms with Gasteiger partial charge in [0.2, 0.25) is 5.91 Å². The molecule has 0 bridgehead atoms. The van der Waals surface area contributed by atoms with E-state index in [0.29, 0.717) is 13.0 Å². The van der Waals surface area contributed by atoms with E-state index in [1.807, 2.05) is 20.0 Å². The van der Waals surface area contributed by atoms with Crippen molar-refractivity contribution in [1.29, 1.82) is 0 Å². The van der Waals surface area contributed by atoms with Crippen LogP contribution in [0.1, 0.15) is 31.9 Å². The standard InChI is InChI=1S/C14H21N3O3/c1-11(3-6-14(19)20)7-9-15-13(18)5-4-12-8-10-16-17(12)2/h4-5,8,10-11H,3,6-7,9H2,1-2H3,(H,15,18)(H,19,20). The zero-order valence-electron chi connectivity index (χ0n) is 11.9. The van der Waals surface area contributed by atoms with Crippen molar-refractivity contribution < 1.29 is 14.7 Å². The number of aromatic nitrogens is 2. The first-order chi connectivity index (χ1) is 9.49. The Hall–Kier alpha value is -2.11. The highest BCUT2D eigenvalue weighted by molar-refractivity contribution is 5.91. The molecule has 0 radical (unpaired) electrons. The van der Waals surface area contributed by atoms with Gasteiger partial charge in [-0.3, -0.25) is 14.3 Å². The second-order valence-corrected chi connectivity index (χ2v) is 4.83. The molecular formula is C14H21N3O3. The van der Waals surface area contributed by atoms with Gasteiger partial charge in [-0.05, 0) is 30.9 Å². The molecule has 1 aromatic rings. The lowest BCUT2D eigenvalue weighted by molar-refractivity contribution is -0.137. The molecule has 0 saturated heterocycles. The summed E-state index contributed by atoms with van der Waals surface area (Å²) in [5.74, 6) is -0.649. The zero-order valence-corrected chi connectivity index (χ0v) is 11.9. The second kappa shape index (κ2) is 8.14. The van der Waals surface area contributed by atoms with Crippen molar-refractivity contribution in [2.45, 2.75) is 26.2 Å². The van der Waals surface area contributed by atoms with Crippen molar-refractivity contribution in [3.63, 3.8) is 0 Å². The molecule has 2 N–H and O–H groups in total. The molecule has 0 aliphatic heterocycles. The third-order valence-corrected chi connectivity index (χ3v) is 3.05. The second-order valence-electron chi connectivity index (χ2n) is 4.83. The number of amides is 1. The van der Waals surface area contributed by atoms with Gasteiger partial charge in [-0.2, -0.15) is 5.10 Å². The van der Waals surface area contributed by atoms with Crippen LogP contribution in [0.3, 0.4) is 0 Å². The Morgan fingerprint density at radius 2 is 2.25 bits per heavy atom. The van der Waals surface area contributed by atoms with Gasteiger partial charge in [0.15, 0.2) is 0 Å². The van der Waals surface area contributed by atoms with Crippen molar-refractivity contribution in [3.8, 4) is 0 Å². The van der Waals surface area contributed by atoms with Crippen molar-refractivity contribution in [1.82, 2.24) is 15.1 Å². The quantitative estimate of drug-likeness (QED) is 0.705. The summed E-state index contributed by atoms with van der Waals surface area (Å²) in [5.41, 5.74) is 0.856. The van der Waals surface area contributed by atoms with E-state index >= 15 is 0 Å². The van der Waals surface area contributed by atoms with E-state index in [9.17, 15) is 9.59 Å². The normalized spacial score (nSPS) is 12.5. The molecule has 1 aromatic heterocycles. The SMILES string of the molecule is CC(CCNC(=O)C=Cc1ccnn1C)CCC(=O)O. The Labute approximate surface area is 118 Å². The number of hydrogen-bond donors (Lipinski definition) is 2. The topological polar surface area (TPSA) is 84.2 Å². The number of hydrogen-bond acceptors (Lipinski definition) is 3. The first-order valence-corrected chi connectivity index (χ1v) is 6.64. The number of carbonyl (C=O) groups is 2. The summed E-state index contributed by atoms with van der Waals surface area (Å²) in [4.78, 5) is 22.0. The summed E-state index contributed by atoms with van der Waals surface area (Å²) in [7, 11) is 1.81. The monoisotopic (exact) mass is 279 g/mol. The fourth-order valence-electron chi connectivity index (χ4n) is 1.72. The van der Waals surface area contributed by atoms with E-state index < -0.39 is 5.97 Å². The van der Waals surface area contributed by atoms with Gasteiger partial charge in [0.1, 0.15) is 0 Å². The Morgan fingerprint density at radius 3 is 2.85 bits per heavy atom. The highest BCUT2D eigenvalue weighted by atomic mass is 16.4. The molecule has 1 amide bonds. The molecule has 0 spiro atoms. The van der Waals surface area contributed by atoms with Crippen LogP contribution >= 0.6 is 0 Å². The van der Waals surface area contributed by atoms with Crippen LogP contribution in [0.5, 0.6) is 0 Å². The number of nitrogens with one attached hydrogen (secondary N) is 1. The molecule has 6 nitrogen and oxygen atoms in total. The number of nitrogens with zero attached hydrogens (tertiary/aromatic N) is 2. The molecule has 0 aliphatic rings. The number of aliphatic carboxylic acids is 1. The number of rotatable bonds is 8. The molecule has 110 valence electrons. The minimum absolute atomic E-state index is 0.156. The Morgan fingerprint density at radius 1 is 1.50 bits per heavy atom. The van der Waals surface area contributed by atoms with Crippen LogP contribution in [0, 0.1) is 5.92 Å². The summed E-state index contributed by atoms with van der Waals surface area (Å²) >= 11 is 0. The van der Waals surface area contributed by atoms with Crippen LogP contribution in [-0.4, -0.2) is 33.3 Å².